The lowest BCUT2D eigenvalue weighted by atomic mass is 10.2. The molecule has 1 aromatic carbocycles. The summed E-state index contributed by atoms with van der Waals surface area (Å²) in [6.07, 6.45) is 1.45. The molecule has 6 heteroatoms. The third-order valence-electron chi connectivity index (χ3n) is 4.44. The Kier molecular flexibility index (Phi) is 5.76. The van der Waals surface area contributed by atoms with Crippen LogP contribution >= 0.6 is 0 Å². The quantitative estimate of drug-likeness (QED) is 0.632. The molecule has 6 nitrogen and oxygen atoms in total. The van der Waals surface area contributed by atoms with E-state index in [0.717, 1.165) is 17.9 Å². The number of amides is 2. The van der Waals surface area contributed by atoms with Gasteiger partial charge in [0.15, 0.2) is 5.76 Å². The minimum Gasteiger partial charge on any atom is -0.459 e. The first-order chi connectivity index (χ1) is 13.1. The SMILES string of the molecule is Cc1cc(C(=O)NCCNC(=O)c2ccco2)c(C)n1Cc1ccccc1. The van der Waals surface area contributed by atoms with Crippen LogP contribution in [-0.4, -0.2) is 29.5 Å². The van der Waals surface area contributed by atoms with Crippen LogP contribution in [0.15, 0.2) is 59.2 Å². The maximum absolute atomic E-state index is 12.5. The van der Waals surface area contributed by atoms with Gasteiger partial charge < -0.3 is 19.6 Å². The first-order valence-electron chi connectivity index (χ1n) is 8.87. The van der Waals surface area contributed by atoms with Crippen LogP contribution in [0.3, 0.4) is 0 Å². The average Bonchev–Trinajstić information content (AvgIpc) is 3.30. The zero-order valence-corrected chi connectivity index (χ0v) is 15.5. The monoisotopic (exact) mass is 365 g/mol. The minimum atomic E-state index is -0.296. The number of carbonyl (C=O) groups is 2. The maximum Gasteiger partial charge on any atom is 0.287 e. The number of benzene rings is 1. The number of aromatic nitrogens is 1. The largest absolute Gasteiger partial charge is 0.459 e. The van der Waals surface area contributed by atoms with Crippen molar-refractivity contribution in [1.82, 2.24) is 15.2 Å². The Morgan fingerprint density at radius 1 is 0.963 bits per heavy atom. The molecule has 0 saturated carbocycles. The third-order valence-corrected chi connectivity index (χ3v) is 4.44. The van der Waals surface area contributed by atoms with Crippen molar-refractivity contribution in [1.29, 1.82) is 0 Å². The Bertz CT molecular complexity index is 912. The Labute approximate surface area is 158 Å². The highest BCUT2D eigenvalue weighted by atomic mass is 16.3. The van der Waals surface area contributed by atoms with Gasteiger partial charge in [-0.2, -0.15) is 0 Å². The molecule has 27 heavy (non-hydrogen) atoms. The molecule has 2 amide bonds. The second-order valence-electron chi connectivity index (χ2n) is 6.35. The fourth-order valence-electron chi connectivity index (χ4n) is 2.98. The molecule has 2 aromatic heterocycles. The van der Waals surface area contributed by atoms with E-state index in [2.05, 4.69) is 27.3 Å². The highest BCUT2D eigenvalue weighted by Gasteiger charge is 2.15. The Morgan fingerprint density at radius 3 is 2.33 bits per heavy atom. The number of furan rings is 1. The second-order valence-corrected chi connectivity index (χ2v) is 6.35. The molecule has 0 aliphatic heterocycles. The predicted octanol–water partition coefficient (Wildman–Crippen LogP) is 2.91. The molecule has 3 aromatic rings. The molecule has 2 heterocycles. The molecule has 0 spiro atoms. The number of hydrogen-bond acceptors (Lipinski definition) is 3. The molecule has 2 N–H and O–H groups in total. The van der Waals surface area contributed by atoms with Crippen LogP contribution in [0.25, 0.3) is 0 Å². The Balaban J connectivity index is 1.55. The van der Waals surface area contributed by atoms with Crippen LogP contribution in [0.2, 0.25) is 0 Å². The molecule has 0 atom stereocenters. The lowest BCUT2D eigenvalue weighted by Crippen LogP contribution is -2.34. The van der Waals surface area contributed by atoms with Gasteiger partial charge in [0.25, 0.3) is 11.8 Å². The van der Waals surface area contributed by atoms with Crippen molar-refractivity contribution in [3.8, 4) is 0 Å². The van der Waals surface area contributed by atoms with Crippen molar-refractivity contribution in [3.63, 3.8) is 0 Å². The number of nitrogens with zero attached hydrogens (tertiary/aromatic N) is 1. The van der Waals surface area contributed by atoms with Gasteiger partial charge in [-0.15, -0.1) is 0 Å². The predicted molar refractivity (Wildman–Crippen MR) is 103 cm³/mol. The summed E-state index contributed by atoms with van der Waals surface area (Å²) in [5.74, 6) is -0.185. The van der Waals surface area contributed by atoms with Gasteiger partial charge in [0.05, 0.1) is 11.8 Å². The average molecular weight is 365 g/mol. The van der Waals surface area contributed by atoms with Crippen LogP contribution in [-0.2, 0) is 6.54 Å². The van der Waals surface area contributed by atoms with Crippen LogP contribution in [0.4, 0.5) is 0 Å². The van der Waals surface area contributed by atoms with E-state index in [-0.39, 0.29) is 17.6 Å². The number of nitrogens with one attached hydrogen (secondary N) is 2. The first-order valence-corrected chi connectivity index (χ1v) is 8.87. The molecule has 0 saturated heterocycles. The van der Waals surface area contributed by atoms with E-state index < -0.39 is 0 Å². The van der Waals surface area contributed by atoms with Crippen molar-refractivity contribution in [2.75, 3.05) is 13.1 Å². The van der Waals surface area contributed by atoms with Crippen molar-refractivity contribution in [2.45, 2.75) is 20.4 Å². The molecule has 0 fully saturated rings. The topological polar surface area (TPSA) is 76.3 Å². The van der Waals surface area contributed by atoms with E-state index in [4.69, 9.17) is 4.42 Å². The fourth-order valence-corrected chi connectivity index (χ4v) is 2.98. The smallest absolute Gasteiger partial charge is 0.287 e. The van der Waals surface area contributed by atoms with Crippen molar-refractivity contribution >= 4 is 11.8 Å². The van der Waals surface area contributed by atoms with Crippen LogP contribution in [0.5, 0.6) is 0 Å². The van der Waals surface area contributed by atoms with Crippen LogP contribution < -0.4 is 10.6 Å². The van der Waals surface area contributed by atoms with E-state index in [1.165, 1.54) is 11.8 Å². The van der Waals surface area contributed by atoms with Gasteiger partial charge in [-0.3, -0.25) is 9.59 Å². The van der Waals surface area contributed by atoms with E-state index in [1.54, 1.807) is 12.1 Å². The summed E-state index contributed by atoms with van der Waals surface area (Å²) < 4.78 is 7.15. The molecular weight excluding hydrogens is 342 g/mol. The fraction of sp³-hybridized carbons (Fsp3) is 0.238. The standard InChI is InChI=1S/C21H23N3O3/c1-15-13-18(16(2)24(15)14-17-7-4-3-5-8-17)20(25)22-10-11-23-21(26)19-9-6-12-27-19/h3-9,12-13H,10-11,14H2,1-2H3,(H,22,25)(H,23,26). The third kappa shape index (κ3) is 4.47. The molecular formula is C21H23N3O3. The molecule has 3 rings (SSSR count). The van der Waals surface area contributed by atoms with Crippen LogP contribution in [0, 0.1) is 13.8 Å². The van der Waals surface area contributed by atoms with Crippen molar-refractivity contribution in [3.05, 3.63) is 83.1 Å². The maximum atomic E-state index is 12.5. The van der Waals surface area contributed by atoms with E-state index in [9.17, 15) is 9.59 Å². The van der Waals surface area contributed by atoms with Crippen LogP contribution in [0.1, 0.15) is 37.9 Å². The van der Waals surface area contributed by atoms with Gasteiger partial charge in [-0.1, -0.05) is 30.3 Å². The second kappa shape index (κ2) is 8.40. The molecule has 140 valence electrons. The normalized spacial score (nSPS) is 10.6. The summed E-state index contributed by atoms with van der Waals surface area (Å²) in [5.41, 5.74) is 3.80. The number of carbonyl (C=O) groups excluding carboxylic acids is 2. The number of rotatable bonds is 7. The highest BCUT2D eigenvalue weighted by molar-refractivity contribution is 5.95. The molecule has 0 bridgehead atoms. The molecule has 0 radical (unpaired) electrons. The summed E-state index contributed by atoms with van der Waals surface area (Å²) in [6, 6.07) is 15.3. The van der Waals surface area contributed by atoms with Crippen molar-refractivity contribution < 1.29 is 14.0 Å². The summed E-state index contributed by atoms with van der Waals surface area (Å²) in [4.78, 5) is 24.3. The zero-order chi connectivity index (χ0) is 19.2. The van der Waals surface area contributed by atoms with E-state index >= 15 is 0 Å². The van der Waals surface area contributed by atoms with E-state index in [1.807, 2.05) is 38.1 Å². The number of hydrogen-bond donors (Lipinski definition) is 2. The van der Waals surface area contributed by atoms with Gasteiger partial charge in [0, 0.05) is 31.0 Å². The lowest BCUT2D eigenvalue weighted by Gasteiger charge is -2.10. The van der Waals surface area contributed by atoms with Crippen molar-refractivity contribution in [2.24, 2.45) is 0 Å². The van der Waals surface area contributed by atoms with Gasteiger partial charge in [0.2, 0.25) is 0 Å². The van der Waals surface area contributed by atoms with E-state index in [0.29, 0.717) is 18.7 Å². The summed E-state index contributed by atoms with van der Waals surface area (Å²) in [5, 5.41) is 5.55. The van der Waals surface area contributed by atoms with Gasteiger partial charge >= 0.3 is 0 Å². The first kappa shape index (κ1) is 18.5. The Morgan fingerprint density at radius 2 is 1.67 bits per heavy atom. The lowest BCUT2D eigenvalue weighted by molar-refractivity contribution is 0.0910. The minimum absolute atomic E-state index is 0.144. The molecule has 0 aliphatic carbocycles. The van der Waals surface area contributed by atoms with Gasteiger partial charge in [0.1, 0.15) is 0 Å². The molecule has 0 unspecified atom stereocenters. The zero-order valence-electron chi connectivity index (χ0n) is 15.5. The number of aryl methyl sites for hydroxylation is 1. The Hall–Kier alpha value is -3.28. The molecule has 0 aliphatic rings. The summed E-state index contributed by atoms with van der Waals surface area (Å²) in [7, 11) is 0. The summed E-state index contributed by atoms with van der Waals surface area (Å²) in [6.45, 7) is 5.34. The highest BCUT2D eigenvalue weighted by Crippen LogP contribution is 2.17. The summed E-state index contributed by atoms with van der Waals surface area (Å²) >= 11 is 0. The van der Waals surface area contributed by atoms with Gasteiger partial charge in [-0.05, 0) is 37.6 Å². The van der Waals surface area contributed by atoms with Gasteiger partial charge in [-0.25, -0.2) is 0 Å².